The third-order valence-corrected chi connectivity index (χ3v) is 4.75. The average molecular weight is 366 g/mol. The van der Waals surface area contributed by atoms with Crippen LogP contribution in [0.15, 0.2) is 54.6 Å². The van der Waals surface area contributed by atoms with E-state index in [9.17, 15) is 19.5 Å². The Hall–Kier alpha value is -3.15. The number of hydrogen-bond acceptors (Lipinski definition) is 3. The van der Waals surface area contributed by atoms with Gasteiger partial charge in [-0.3, -0.25) is 9.59 Å². The van der Waals surface area contributed by atoms with E-state index < -0.39 is 23.8 Å². The van der Waals surface area contributed by atoms with Crippen LogP contribution in [0.2, 0.25) is 0 Å². The number of aliphatic carboxylic acids is 1. The average Bonchev–Trinajstić information content (AvgIpc) is 3.02. The van der Waals surface area contributed by atoms with E-state index in [4.69, 9.17) is 0 Å². The molecule has 1 heterocycles. The lowest BCUT2D eigenvalue weighted by Crippen LogP contribution is -2.38. The van der Waals surface area contributed by atoms with Crippen LogP contribution in [0.4, 0.5) is 0 Å². The minimum atomic E-state index is -1.13. The molecule has 6 heteroatoms. The Morgan fingerprint density at radius 2 is 1.81 bits per heavy atom. The van der Waals surface area contributed by atoms with Crippen LogP contribution in [0.1, 0.15) is 29.2 Å². The predicted molar refractivity (Wildman–Crippen MR) is 99.7 cm³/mol. The summed E-state index contributed by atoms with van der Waals surface area (Å²) in [5, 5.41) is 12.0. The molecule has 0 bridgehead atoms. The maximum absolute atomic E-state index is 12.6. The molecule has 2 N–H and O–H groups in total. The summed E-state index contributed by atoms with van der Waals surface area (Å²) in [6.45, 7) is 2.74. The van der Waals surface area contributed by atoms with Crippen molar-refractivity contribution in [3.63, 3.8) is 0 Å². The van der Waals surface area contributed by atoms with Gasteiger partial charge in [0.15, 0.2) is 6.04 Å². The minimum Gasteiger partial charge on any atom is -0.479 e. The van der Waals surface area contributed by atoms with E-state index in [1.54, 1.807) is 35.2 Å². The van der Waals surface area contributed by atoms with Crippen molar-refractivity contribution in [2.45, 2.75) is 25.9 Å². The van der Waals surface area contributed by atoms with Gasteiger partial charge < -0.3 is 15.3 Å². The number of rotatable bonds is 6. The monoisotopic (exact) mass is 366 g/mol. The van der Waals surface area contributed by atoms with E-state index in [0.29, 0.717) is 18.7 Å². The van der Waals surface area contributed by atoms with Gasteiger partial charge in [-0.05, 0) is 18.1 Å². The molecule has 2 aromatic carbocycles. The summed E-state index contributed by atoms with van der Waals surface area (Å²) in [5.41, 5.74) is 2.64. The molecule has 1 aliphatic rings. The van der Waals surface area contributed by atoms with E-state index in [2.05, 4.69) is 5.32 Å². The molecule has 1 saturated heterocycles. The van der Waals surface area contributed by atoms with Crippen LogP contribution in [0.5, 0.6) is 0 Å². The summed E-state index contributed by atoms with van der Waals surface area (Å²) in [5.74, 6) is -2.18. The predicted octanol–water partition coefficient (Wildman–Crippen LogP) is 2.29. The molecule has 0 aliphatic carbocycles. The Morgan fingerprint density at radius 1 is 1.15 bits per heavy atom. The molecule has 2 aromatic rings. The molecule has 1 fully saturated rings. The lowest BCUT2D eigenvalue weighted by molar-refractivity contribution is -0.142. The zero-order chi connectivity index (χ0) is 19.4. The Labute approximate surface area is 157 Å². The standard InChI is InChI=1S/C21H22N2O4/c1-14-7-9-15(10-8-14)12-23-13-17(11-18(23)24)20(25)22-19(21(26)27)16-5-3-2-4-6-16/h2-10,17,19H,11-13H2,1H3,(H,22,25)(H,26,27)/t17?,19-/m1/s1. The highest BCUT2D eigenvalue weighted by Crippen LogP contribution is 2.22. The molecule has 3 rings (SSSR count). The number of carbonyl (C=O) groups excluding carboxylic acids is 2. The summed E-state index contributed by atoms with van der Waals surface area (Å²) in [6.07, 6.45) is 0.0961. The molecule has 2 amide bonds. The first-order valence-electron chi connectivity index (χ1n) is 8.85. The number of nitrogens with zero attached hydrogens (tertiary/aromatic N) is 1. The van der Waals surface area contributed by atoms with Crippen LogP contribution >= 0.6 is 0 Å². The van der Waals surface area contributed by atoms with Crippen molar-refractivity contribution >= 4 is 17.8 Å². The number of benzene rings is 2. The second-order valence-electron chi connectivity index (χ2n) is 6.85. The quantitative estimate of drug-likeness (QED) is 0.821. The van der Waals surface area contributed by atoms with Crippen LogP contribution in [-0.2, 0) is 20.9 Å². The first-order valence-corrected chi connectivity index (χ1v) is 8.85. The van der Waals surface area contributed by atoms with Gasteiger partial charge >= 0.3 is 5.97 Å². The SMILES string of the molecule is Cc1ccc(CN2CC(C(=O)N[C@@H](C(=O)O)c3ccccc3)CC2=O)cc1. The van der Waals surface area contributed by atoms with Gasteiger partial charge in [-0.2, -0.15) is 0 Å². The fourth-order valence-electron chi connectivity index (χ4n) is 3.21. The largest absolute Gasteiger partial charge is 0.479 e. The second kappa shape index (κ2) is 8.03. The Bertz CT molecular complexity index is 833. The molecular weight excluding hydrogens is 344 g/mol. The van der Waals surface area contributed by atoms with Gasteiger partial charge in [0.25, 0.3) is 0 Å². The van der Waals surface area contributed by atoms with E-state index >= 15 is 0 Å². The third-order valence-electron chi connectivity index (χ3n) is 4.75. The fourth-order valence-corrected chi connectivity index (χ4v) is 3.21. The molecule has 6 nitrogen and oxygen atoms in total. The van der Waals surface area contributed by atoms with Crippen LogP contribution in [0, 0.1) is 12.8 Å². The smallest absolute Gasteiger partial charge is 0.330 e. The third kappa shape index (κ3) is 4.53. The van der Waals surface area contributed by atoms with Crippen molar-refractivity contribution < 1.29 is 19.5 Å². The van der Waals surface area contributed by atoms with E-state index in [0.717, 1.165) is 11.1 Å². The maximum atomic E-state index is 12.6. The van der Waals surface area contributed by atoms with Crippen molar-refractivity contribution in [3.8, 4) is 0 Å². The van der Waals surface area contributed by atoms with Gasteiger partial charge in [-0.25, -0.2) is 4.79 Å². The zero-order valence-corrected chi connectivity index (χ0v) is 15.1. The number of nitrogens with one attached hydrogen (secondary N) is 1. The Morgan fingerprint density at radius 3 is 2.44 bits per heavy atom. The van der Waals surface area contributed by atoms with Crippen molar-refractivity contribution in [1.82, 2.24) is 10.2 Å². The minimum absolute atomic E-state index is 0.0951. The van der Waals surface area contributed by atoms with E-state index in [-0.39, 0.29) is 12.3 Å². The summed E-state index contributed by atoms with van der Waals surface area (Å²) in [6, 6.07) is 15.3. The number of carbonyl (C=O) groups is 3. The van der Waals surface area contributed by atoms with Gasteiger partial charge in [0, 0.05) is 19.5 Å². The Kier molecular flexibility index (Phi) is 5.54. The lowest BCUT2D eigenvalue weighted by Gasteiger charge is -2.19. The van der Waals surface area contributed by atoms with Gasteiger partial charge in [-0.1, -0.05) is 60.2 Å². The van der Waals surface area contributed by atoms with Crippen molar-refractivity contribution in [2.24, 2.45) is 5.92 Å². The molecule has 0 radical (unpaired) electrons. The normalized spacial score (nSPS) is 17.6. The van der Waals surface area contributed by atoms with Gasteiger partial charge in [0.05, 0.1) is 5.92 Å². The molecule has 0 spiro atoms. The molecule has 2 atom stereocenters. The molecule has 27 heavy (non-hydrogen) atoms. The fraction of sp³-hybridized carbons (Fsp3) is 0.286. The van der Waals surface area contributed by atoms with Gasteiger partial charge in [-0.15, -0.1) is 0 Å². The summed E-state index contributed by atoms with van der Waals surface area (Å²) in [4.78, 5) is 38.0. The highest BCUT2D eigenvalue weighted by molar-refractivity contribution is 5.91. The van der Waals surface area contributed by atoms with Crippen LogP contribution < -0.4 is 5.32 Å². The topological polar surface area (TPSA) is 86.7 Å². The highest BCUT2D eigenvalue weighted by atomic mass is 16.4. The lowest BCUT2D eigenvalue weighted by atomic mass is 10.0. The highest BCUT2D eigenvalue weighted by Gasteiger charge is 2.36. The number of carboxylic acid groups (broad SMARTS) is 1. The van der Waals surface area contributed by atoms with Crippen molar-refractivity contribution in [1.29, 1.82) is 0 Å². The molecule has 0 aromatic heterocycles. The van der Waals surface area contributed by atoms with Crippen LogP contribution in [0.3, 0.4) is 0 Å². The second-order valence-corrected chi connectivity index (χ2v) is 6.85. The summed E-state index contributed by atoms with van der Waals surface area (Å²) >= 11 is 0. The first-order chi connectivity index (χ1) is 12.9. The molecule has 1 unspecified atom stereocenters. The van der Waals surface area contributed by atoms with E-state index in [1.807, 2.05) is 31.2 Å². The Balaban J connectivity index is 1.64. The number of likely N-dealkylation sites (tertiary alicyclic amines) is 1. The van der Waals surface area contributed by atoms with Crippen molar-refractivity contribution in [3.05, 3.63) is 71.3 Å². The first kappa shape index (κ1) is 18.6. The summed E-state index contributed by atoms with van der Waals surface area (Å²) < 4.78 is 0. The number of carboxylic acids is 1. The molecule has 0 saturated carbocycles. The molecule has 1 aliphatic heterocycles. The van der Waals surface area contributed by atoms with Gasteiger partial charge in [0.2, 0.25) is 11.8 Å². The zero-order valence-electron chi connectivity index (χ0n) is 15.1. The number of hydrogen-bond donors (Lipinski definition) is 2. The summed E-state index contributed by atoms with van der Waals surface area (Å²) in [7, 11) is 0. The van der Waals surface area contributed by atoms with Gasteiger partial charge in [0.1, 0.15) is 0 Å². The number of amides is 2. The van der Waals surface area contributed by atoms with Crippen molar-refractivity contribution in [2.75, 3.05) is 6.54 Å². The molecular formula is C21H22N2O4. The van der Waals surface area contributed by atoms with E-state index in [1.165, 1.54) is 0 Å². The molecule has 140 valence electrons. The number of aryl methyl sites for hydroxylation is 1. The van der Waals surface area contributed by atoms with Crippen LogP contribution in [-0.4, -0.2) is 34.3 Å². The van der Waals surface area contributed by atoms with Crippen LogP contribution in [0.25, 0.3) is 0 Å². The maximum Gasteiger partial charge on any atom is 0.330 e.